The number of amides is 1. The van der Waals surface area contributed by atoms with Crippen LogP contribution in [0.1, 0.15) is 35.1 Å². The van der Waals surface area contributed by atoms with E-state index in [1.54, 1.807) is 52.1 Å². The number of benzene rings is 2. The van der Waals surface area contributed by atoms with Crippen molar-refractivity contribution in [2.24, 2.45) is 0 Å². The van der Waals surface area contributed by atoms with Crippen LogP contribution in [0.5, 0.6) is 17.2 Å². The van der Waals surface area contributed by atoms with Crippen LogP contribution in [0.25, 0.3) is 0 Å². The number of aromatic hydroxyl groups is 2. The number of carbonyl (C=O) groups is 1. The third-order valence-electron chi connectivity index (χ3n) is 4.57. The van der Waals surface area contributed by atoms with Gasteiger partial charge in [0.1, 0.15) is 17.2 Å². The van der Waals surface area contributed by atoms with E-state index in [1.807, 2.05) is 0 Å². The number of carbonyl (C=O) groups excluding carboxylic acids is 1. The van der Waals surface area contributed by atoms with E-state index < -0.39 is 0 Å². The molecule has 134 valence electrons. The Labute approximate surface area is 148 Å². The fourth-order valence-corrected chi connectivity index (χ4v) is 2.81. The first kappa shape index (κ1) is 18.6. The molecule has 25 heavy (non-hydrogen) atoms. The topological polar surface area (TPSA) is 78.8 Å². The van der Waals surface area contributed by atoms with E-state index in [0.29, 0.717) is 47.2 Å². The van der Waals surface area contributed by atoms with Crippen molar-refractivity contribution in [3.8, 4) is 17.2 Å². The predicted molar refractivity (Wildman–Crippen MR) is 98.5 cm³/mol. The van der Waals surface area contributed by atoms with Gasteiger partial charge in [0.25, 0.3) is 0 Å². The zero-order chi connectivity index (χ0) is 18.6. The molecule has 5 nitrogen and oxygen atoms in total. The molecule has 0 spiro atoms. The highest BCUT2D eigenvalue weighted by molar-refractivity contribution is 5.90. The Balaban J connectivity index is 1.95. The van der Waals surface area contributed by atoms with Gasteiger partial charge in [-0.3, -0.25) is 4.79 Å². The van der Waals surface area contributed by atoms with E-state index >= 15 is 0 Å². The summed E-state index contributed by atoms with van der Waals surface area (Å²) in [6.45, 7) is 5.35. The molecule has 0 aliphatic heterocycles. The fraction of sp³-hybridized carbons (Fsp3) is 0.350. The van der Waals surface area contributed by atoms with Crippen LogP contribution in [0.15, 0.2) is 24.3 Å². The molecule has 0 aliphatic carbocycles. The molecule has 2 aromatic carbocycles. The SMILES string of the molecule is COc1ccc(NC(=O)CCCc2c(C)c(O)c(C)c(C)c2O)cc1. The van der Waals surface area contributed by atoms with E-state index in [-0.39, 0.29) is 17.4 Å². The molecule has 0 radical (unpaired) electrons. The highest BCUT2D eigenvalue weighted by Gasteiger charge is 2.16. The van der Waals surface area contributed by atoms with Crippen molar-refractivity contribution in [1.82, 2.24) is 0 Å². The third kappa shape index (κ3) is 4.24. The molecule has 0 heterocycles. The molecular formula is C20H25NO4. The molecule has 0 fully saturated rings. The maximum absolute atomic E-state index is 12.1. The second-order valence-electron chi connectivity index (χ2n) is 6.18. The maximum Gasteiger partial charge on any atom is 0.224 e. The molecule has 0 unspecified atom stereocenters. The Hall–Kier alpha value is -2.69. The molecule has 0 bridgehead atoms. The lowest BCUT2D eigenvalue weighted by Gasteiger charge is -2.15. The van der Waals surface area contributed by atoms with Gasteiger partial charge in [-0.25, -0.2) is 0 Å². The van der Waals surface area contributed by atoms with Crippen LogP contribution in [0.2, 0.25) is 0 Å². The average Bonchev–Trinajstić information content (AvgIpc) is 2.62. The van der Waals surface area contributed by atoms with Gasteiger partial charge in [0.2, 0.25) is 5.91 Å². The number of methoxy groups -OCH3 is 1. The largest absolute Gasteiger partial charge is 0.507 e. The zero-order valence-corrected chi connectivity index (χ0v) is 15.1. The van der Waals surface area contributed by atoms with Crippen LogP contribution >= 0.6 is 0 Å². The normalized spacial score (nSPS) is 10.6. The summed E-state index contributed by atoms with van der Waals surface area (Å²) in [7, 11) is 1.59. The summed E-state index contributed by atoms with van der Waals surface area (Å²) in [5.74, 6) is 1.07. The van der Waals surface area contributed by atoms with Crippen LogP contribution in [-0.2, 0) is 11.2 Å². The minimum absolute atomic E-state index is 0.0876. The van der Waals surface area contributed by atoms with Crippen LogP contribution < -0.4 is 10.1 Å². The number of ether oxygens (including phenoxy) is 1. The van der Waals surface area contributed by atoms with Crippen molar-refractivity contribution < 1.29 is 19.7 Å². The van der Waals surface area contributed by atoms with Crippen molar-refractivity contribution in [1.29, 1.82) is 0 Å². The van der Waals surface area contributed by atoms with Gasteiger partial charge in [-0.1, -0.05) is 0 Å². The van der Waals surface area contributed by atoms with Crippen LogP contribution in [0, 0.1) is 20.8 Å². The number of phenolic OH excluding ortho intramolecular Hbond substituents is 2. The Morgan fingerprint density at radius 2 is 1.60 bits per heavy atom. The minimum Gasteiger partial charge on any atom is -0.507 e. The standard InChI is InChI=1S/C20H25NO4/c1-12-13(2)20(24)17(14(3)19(12)23)6-5-7-18(22)21-15-8-10-16(25-4)11-9-15/h8-11,23-24H,5-7H2,1-4H3,(H,21,22). The second kappa shape index (κ2) is 7.92. The third-order valence-corrected chi connectivity index (χ3v) is 4.57. The van der Waals surface area contributed by atoms with E-state index in [0.717, 1.165) is 5.75 Å². The molecule has 1 amide bonds. The molecule has 0 atom stereocenters. The Morgan fingerprint density at radius 1 is 1.00 bits per heavy atom. The van der Waals surface area contributed by atoms with Gasteiger partial charge < -0.3 is 20.3 Å². The minimum atomic E-state index is -0.0876. The monoisotopic (exact) mass is 343 g/mol. The molecule has 2 aromatic rings. The first-order chi connectivity index (χ1) is 11.8. The van der Waals surface area contributed by atoms with Crippen molar-refractivity contribution in [2.75, 3.05) is 12.4 Å². The number of hydrogen-bond acceptors (Lipinski definition) is 4. The van der Waals surface area contributed by atoms with E-state index in [2.05, 4.69) is 5.32 Å². The van der Waals surface area contributed by atoms with Gasteiger partial charge in [-0.05, 0) is 74.6 Å². The molecular weight excluding hydrogens is 318 g/mol. The Bertz CT molecular complexity index is 737. The summed E-state index contributed by atoms with van der Waals surface area (Å²) >= 11 is 0. The lowest BCUT2D eigenvalue weighted by Crippen LogP contribution is -2.11. The summed E-state index contributed by atoms with van der Waals surface area (Å²) in [4.78, 5) is 12.1. The van der Waals surface area contributed by atoms with Gasteiger partial charge in [0.15, 0.2) is 0 Å². The number of nitrogens with one attached hydrogen (secondary N) is 1. The molecule has 0 saturated heterocycles. The number of phenols is 2. The zero-order valence-electron chi connectivity index (χ0n) is 15.1. The van der Waals surface area contributed by atoms with Crippen LogP contribution in [0.3, 0.4) is 0 Å². The summed E-state index contributed by atoms with van der Waals surface area (Å²) in [6, 6.07) is 7.14. The van der Waals surface area contributed by atoms with Crippen molar-refractivity contribution in [3.05, 3.63) is 46.5 Å². The summed E-state index contributed by atoms with van der Waals surface area (Å²) in [6.07, 6.45) is 1.44. The van der Waals surface area contributed by atoms with Gasteiger partial charge >= 0.3 is 0 Å². The molecule has 0 aliphatic rings. The number of rotatable bonds is 6. The van der Waals surface area contributed by atoms with Crippen molar-refractivity contribution in [3.63, 3.8) is 0 Å². The summed E-state index contributed by atoms with van der Waals surface area (Å²) < 4.78 is 5.08. The molecule has 0 saturated carbocycles. The van der Waals surface area contributed by atoms with Gasteiger partial charge in [-0.2, -0.15) is 0 Å². The van der Waals surface area contributed by atoms with Gasteiger partial charge in [-0.15, -0.1) is 0 Å². The fourth-order valence-electron chi connectivity index (χ4n) is 2.81. The van der Waals surface area contributed by atoms with E-state index in [1.165, 1.54) is 0 Å². The first-order valence-corrected chi connectivity index (χ1v) is 8.29. The highest BCUT2D eigenvalue weighted by atomic mass is 16.5. The van der Waals surface area contributed by atoms with Crippen molar-refractivity contribution >= 4 is 11.6 Å². The summed E-state index contributed by atoms with van der Waals surface area (Å²) in [5, 5.41) is 23.3. The lowest BCUT2D eigenvalue weighted by molar-refractivity contribution is -0.116. The van der Waals surface area contributed by atoms with E-state index in [9.17, 15) is 15.0 Å². The number of hydrogen-bond donors (Lipinski definition) is 3. The van der Waals surface area contributed by atoms with Gasteiger partial charge in [0.05, 0.1) is 7.11 Å². The molecule has 3 N–H and O–H groups in total. The van der Waals surface area contributed by atoms with Crippen LogP contribution in [-0.4, -0.2) is 23.2 Å². The smallest absolute Gasteiger partial charge is 0.224 e. The first-order valence-electron chi connectivity index (χ1n) is 8.29. The molecule has 0 aromatic heterocycles. The van der Waals surface area contributed by atoms with E-state index in [4.69, 9.17) is 4.74 Å². The van der Waals surface area contributed by atoms with Crippen molar-refractivity contribution in [2.45, 2.75) is 40.0 Å². The Morgan fingerprint density at radius 3 is 2.20 bits per heavy atom. The summed E-state index contributed by atoms with van der Waals surface area (Å²) in [5.41, 5.74) is 3.47. The lowest BCUT2D eigenvalue weighted by atomic mass is 9.94. The maximum atomic E-state index is 12.1. The molecule has 2 rings (SSSR count). The average molecular weight is 343 g/mol. The predicted octanol–water partition coefficient (Wildman–Crippen LogP) is 3.99. The Kier molecular flexibility index (Phi) is 5.91. The quantitative estimate of drug-likeness (QED) is 0.693. The highest BCUT2D eigenvalue weighted by Crippen LogP contribution is 2.36. The van der Waals surface area contributed by atoms with Crippen LogP contribution in [0.4, 0.5) is 5.69 Å². The van der Waals surface area contributed by atoms with Gasteiger partial charge in [0, 0.05) is 17.7 Å². The molecule has 5 heteroatoms. The second-order valence-corrected chi connectivity index (χ2v) is 6.18. The number of anilines is 1.